The largest absolute Gasteiger partial charge is 0.480 e. The summed E-state index contributed by atoms with van der Waals surface area (Å²) in [6.45, 7) is 8.88. The number of carbonyl (C=O) groups is 3. The number of likely N-dealkylation sites (N-methyl/N-ethyl adjacent to an activating group) is 1. The molecule has 2 amide bonds. The van der Waals surface area contributed by atoms with E-state index < -0.39 is 29.6 Å². The van der Waals surface area contributed by atoms with Crippen LogP contribution in [0.4, 0.5) is 4.79 Å². The summed E-state index contributed by atoms with van der Waals surface area (Å²) in [5, 5.41) is 12.2. The number of hydrogen-bond donors (Lipinski definition) is 2. The summed E-state index contributed by atoms with van der Waals surface area (Å²) >= 11 is 0. The third kappa shape index (κ3) is 4.79. The van der Waals surface area contributed by atoms with Crippen molar-refractivity contribution in [2.45, 2.75) is 52.6 Å². The summed E-state index contributed by atoms with van der Waals surface area (Å²) in [6, 6.07) is 14.7. The lowest BCUT2D eigenvalue weighted by Crippen LogP contribution is -2.57. The van der Waals surface area contributed by atoms with Gasteiger partial charge < -0.3 is 20.1 Å². The number of alkyl carbamates (subject to hydrolysis) is 1. The normalized spacial score (nSPS) is 14.7. The Morgan fingerprint density at radius 3 is 1.97 bits per heavy atom. The molecule has 0 aromatic heterocycles. The van der Waals surface area contributed by atoms with Crippen LogP contribution in [0.25, 0.3) is 11.1 Å². The van der Waals surface area contributed by atoms with Crippen LogP contribution in [0.5, 0.6) is 0 Å². The molecule has 7 nitrogen and oxygen atoms in total. The molecule has 3 rings (SSSR count). The van der Waals surface area contributed by atoms with Gasteiger partial charge in [-0.1, -0.05) is 62.4 Å². The second-order valence-electron chi connectivity index (χ2n) is 9.84. The van der Waals surface area contributed by atoms with Crippen molar-refractivity contribution in [1.29, 1.82) is 0 Å². The number of hydrogen-bond acceptors (Lipinski definition) is 4. The quantitative estimate of drug-likeness (QED) is 0.597. The second-order valence-corrected chi connectivity index (χ2v) is 9.84. The maximum Gasteiger partial charge on any atom is 0.407 e. The zero-order valence-corrected chi connectivity index (χ0v) is 20.7. The molecule has 0 fully saturated rings. The minimum atomic E-state index is -1.09. The minimum absolute atomic E-state index is 0.0622. The molecule has 182 valence electrons. The van der Waals surface area contributed by atoms with Crippen LogP contribution in [0.2, 0.25) is 0 Å². The van der Waals surface area contributed by atoms with Crippen LogP contribution >= 0.6 is 0 Å². The van der Waals surface area contributed by atoms with Gasteiger partial charge in [0, 0.05) is 19.0 Å². The topological polar surface area (TPSA) is 95.9 Å². The molecular formula is C27H34N2O5. The van der Waals surface area contributed by atoms with Crippen molar-refractivity contribution < 1.29 is 24.2 Å². The maximum atomic E-state index is 13.2. The molecule has 0 aliphatic heterocycles. The number of nitrogens with one attached hydrogen (secondary N) is 1. The van der Waals surface area contributed by atoms with E-state index in [0.717, 1.165) is 22.3 Å². The number of fused-ring (bicyclic) bond motifs is 3. The highest BCUT2D eigenvalue weighted by Gasteiger charge is 2.43. The third-order valence-corrected chi connectivity index (χ3v) is 6.87. The van der Waals surface area contributed by atoms with E-state index in [4.69, 9.17) is 4.74 Å². The highest BCUT2D eigenvalue weighted by molar-refractivity contribution is 5.87. The van der Waals surface area contributed by atoms with Crippen LogP contribution in [0.3, 0.4) is 0 Å². The number of benzene rings is 2. The molecule has 0 bridgehead atoms. The molecule has 2 aromatic rings. The van der Waals surface area contributed by atoms with Gasteiger partial charge in [-0.25, -0.2) is 9.59 Å². The Morgan fingerprint density at radius 1 is 1.00 bits per heavy atom. The predicted molar refractivity (Wildman–Crippen MR) is 130 cm³/mol. The first kappa shape index (κ1) is 25.3. The Hall–Kier alpha value is -3.35. The molecular weight excluding hydrogens is 432 g/mol. The zero-order valence-electron chi connectivity index (χ0n) is 20.7. The lowest BCUT2D eigenvalue weighted by atomic mass is 9.77. The lowest BCUT2D eigenvalue weighted by molar-refractivity contribution is -0.153. The van der Waals surface area contributed by atoms with E-state index in [0.29, 0.717) is 0 Å². The summed E-state index contributed by atoms with van der Waals surface area (Å²) in [5.74, 6) is -1.60. The molecule has 0 spiro atoms. The number of aliphatic carboxylic acids is 1. The summed E-state index contributed by atoms with van der Waals surface area (Å²) in [4.78, 5) is 38.6. The number of carbonyl (C=O) groups excluding carboxylic acids is 2. The van der Waals surface area contributed by atoms with Gasteiger partial charge in [0.25, 0.3) is 0 Å². The molecule has 0 radical (unpaired) electrons. The van der Waals surface area contributed by atoms with Crippen LogP contribution in [0.1, 0.15) is 51.7 Å². The van der Waals surface area contributed by atoms with E-state index >= 15 is 0 Å². The summed E-state index contributed by atoms with van der Waals surface area (Å²) in [5.41, 5.74) is 3.50. The van der Waals surface area contributed by atoms with Crippen LogP contribution in [0, 0.1) is 11.3 Å². The first-order valence-electron chi connectivity index (χ1n) is 11.6. The predicted octanol–water partition coefficient (Wildman–Crippen LogP) is 4.51. The van der Waals surface area contributed by atoms with E-state index in [1.165, 1.54) is 18.9 Å². The molecule has 7 heteroatoms. The molecule has 0 saturated heterocycles. The molecule has 2 atom stereocenters. The van der Waals surface area contributed by atoms with Gasteiger partial charge in [-0.2, -0.15) is 0 Å². The summed E-state index contributed by atoms with van der Waals surface area (Å²) in [6.07, 6.45) is -0.602. The number of rotatable bonds is 8. The molecule has 34 heavy (non-hydrogen) atoms. The minimum Gasteiger partial charge on any atom is -0.480 e. The zero-order chi connectivity index (χ0) is 25.2. The first-order valence-corrected chi connectivity index (χ1v) is 11.6. The summed E-state index contributed by atoms with van der Waals surface area (Å²) in [7, 11) is 1.47. The van der Waals surface area contributed by atoms with Gasteiger partial charge >= 0.3 is 12.1 Å². The molecule has 0 heterocycles. The van der Waals surface area contributed by atoms with Crippen molar-refractivity contribution in [2.24, 2.45) is 11.3 Å². The molecule has 1 aliphatic carbocycles. The van der Waals surface area contributed by atoms with Gasteiger partial charge in [-0.15, -0.1) is 0 Å². The third-order valence-electron chi connectivity index (χ3n) is 6.87. The molecule has 1 aliphatic rings. The van der Waals surface area contributed by atoms with E-state index in [1.807, 2.05) is 38.1 Å². The van der Waals surface area contributed by atoms with Gasteiger partial charge in [-0.05, 0) is 48.9 Å². The smallest absolute Gasteiger partial charge is 0.407 e. The monoisotopic (exact) mass is 466 g/mol. The van der Waals surface area contributed by atoms with Crippen molar-refractivity contribution >= 4 is 18.0 Å². The summed E-state index contributed by atoms with van der Waals surface area (Å²) < 4.78 is 5.67. The van der Waals surface area contributed by atoms with Crippen LogP contribution < -0.4 is 5.32 Å². The Labute approximate surface area is 201 Å². The van der Waals surface area contributed by atoms with Crippen molar-refractivity contribution in [3.8, 4) is 11.1 Å². The van der Waals surface area contributed by atoms with Crippen LogP contribution in [-0.4, -0.2) is 53.7 Å². The Kier molecular flexibility index (Phi) is 7.34. The fraction of sp³-hybridized carbons (Fsp3) is 0.444. The average Bonchev–Trinajstić information content (AvgIpc) is 3.13. The Morgan fingerprint density at radius 2 is 1.50 bits per heavy atom. The van der Waals surface area contributed by atoms with Gasteiger partial charge in [-0.3, -0.25) is 4.79 Å². The second kappa shape index (κ2) is 9.87. The number of nitrogens with zero attached hydrogens (tertiary/aromatic N) is 1. The molecule has 2 N–H and O–H groups in total. The lowest BCUT2D eigenvalue weighted by Gasteiger charge is -2.39. The molecule has 1 unspecified atom stereocenters. The average molecular weight is 467 g/mol. The molecule has 2 aromatic carbocycles. The van der Waals surface area contributed by atoms with E-state index in [-0.39, 0.29) is 24.3 Å². The Bertz CT molecular complexity index is 1030. The van der Waals surface area contributed by atoms with Crippen molar-refractivity contribution in [1.82, 2.24) is 10.2 Å². The first-order chi connectivity index (χ1) is 16.0. The van der Waals surface area contributed by atoms with E-state index in [1.54, 1.807) is 13.8 Å². The van der Waals surface area contributed by atoms with Crippen molar-refractivity contribution in [3.63, 3.8) is 0 Å². The van der Waals surface area contributed by atoms with E-state index in [9.17, 15) is 19.5 Å². The van der Waals surface area contributed by atoms with Gasteiger partial charge in [0.1, 0.15) is 12.6 Å². The molecule has 0 saturated carbocycles. The number of carboxylic acid groups (broad SMARTS) is 1. The number of ether oxygens (including phenoxy) is 1. The highest BCUT2D eigenvalue weighted by Crippen LogP contribution is 2.44. The van der Waals surface area contributed by atoms with Gasteiger partial charge in [0.05, 0.1) is 5.41 Å². The SMILES string of the molecule is CC(C)C(NC(=O)OCC1c2ccccc2-c2ccccc21)C(C)(C)C(=O)N(C)[C@@H](C)C(=O)O. The van der Waals surface area contributed by atoms with Crippen LogP contribution in [-0.2, 0) is 14.3 Å². The van der Waals surface area contributed by atoms with E-state index in [2.05, 4.69) is 29.6 Å². The van der Waals surface area contributed by atoms with Crippen molar-refractivity contribution in [2.75, 3.05) is 13.7 Å². The maximum absolute atomic E-state index is 13.2. The number of carboxylic acids is 1. The van der Waals surface area contributed by atoms with Crippen molar-refractivity contribution in [3.05, 3.63) is 59.7 Å². The van der Waals surface area contributed by atoms with Gasteiger partial charge in [0.2, 0.25) is 5.91 Å². The van der Waals surface area contributed by atoms with Gasteiger partial charge in [0.15, 0.2) is 0 Å². The standard InChI is InChI=1S/C27H34N2O5/c1-16(2)23(27(4,5)25(32)29(6)17(3)24(30)31)28-26(33)34-15-22-20-13-9-7-11-18(20)19-12-8-10-14-21(19)22/h7-14,16-17,22-23H,15H2,1-6H3,(H,28,33)(H,30,31)/t17-,23?/m0/s1. The van der Waals surface area contributed by atoms with Crippen LogP contribution in [0.15, 0.2) is 48.5 Å². The fourth-order valence-corrected chi connectivity index (χ4v) is 4.88. The fourth-order valence-electron chi connectivity index (χ4n) is 4.88. The highest BCUT2D eigenvalue weighted by atomic mass is 16.5. The number of amides is 2. The Balaban J connectivity index is 1.73.